The summed E-state index contributed by atoms with van der Waals surface area (Å²) in [6, 6.07) is 3.32. The summed E-state index contributed by atoms with van der Waals surface area (Å²) in [7, 11) is 1.49. The third kappa shape index (κ3) is 1.84. The molecule has 1 amide bonds. The zero-order valence-electron chi connectivity index (χ0n) is 10.6. The molecule has 100 valence electrons. The van der Waals surface area contributed by atoms with Crippen molar-refractivity contribution in [2.24, 2.45) is 4.99 Å². The lowest BCUT2D eigenvalue weighted by molar-refractivity contribution is 0.0774. The second-order valence-corrected chi connectivity index (χ2v) is 4.67. The normalized spacial score (nSPS) is 20.8. The van der Waals surface area contributed by atoms with Crippen LogP contribution in [0.15, 0.2) is 17.1 Å². The van der Waals surface area contributed by atoms with Crippen LogP contribution in [-0.4, -0.2) is 41.9 Å². The molecule has 2 aliphatic heterocycles. The molecule has 6 heteroatoms. The first-order chi connectivity index (χ1) is 9.24. The van der Waals surface area contributed by atoms with Crippen molar-refractivity contribution in [3.05, 3.63) is 17.7 Å². The standard InChI is InChI=1S/C13H15N3O3/c1-19-12-5-9-10(6-11(12)15-18)14-7-8-3-2-4-16(8)13(9)17/h5-8,15,18H,2-4H2,1H3. The Kier molecular flexibility index (Phi) is 2.87. The van der Waals surface area contributed by atoms with Gasteiger partial charge in [-0.15, -0.1) is 0 Å². The second kappa shape index (κ2) is 4.55. The zero-order valence-corrected chi connectivity index (χ0v) is 10.6. The highest BCUT2D eigenvalue weighted by Gasteiger charge is 2.32. The van der Waals surface area contributed by atoms with Crippen molar-refractivity contribution in [3.8, 4) is 5.75 Å². The summed E-state index contributed by atoms with van der Waals surface area (Å²) in [4.78, 5) is 18.7. The lowest BCUT2D eigenvalue weighted by Gasteiger charge is -2.20. The van der Waals surface area contributed by atoms with E-state index in [1.165, 1.54) is 7.11 Å². The van der Waals surface area contributed by atoms with Crippen LogP contribution in [0.2, 0.25) is 0 Å². The van der Waals surface area contributed by atoms with E-state index in [0.29, 0.717) is 22.7 Å². The van der Waals surface area contributed by atoms with E-state index in [0.717, 1.165) is 19.4 Å². The van der Waals surface area contributed by atoms with Gasteiger partial charge >= 0.3 is 0 Å². The molecule has 0 aliphatic carbocycles. The lowest BCUT2D eigenvalue weighted by atomic mass is 10.1. The van der Waals surface area contributed by atoms with E-state index in [1.54, 1.807) is 12.1 Å². The summed E-state index contributed by atoms with van der Waals surface area (Å²) in [6.07, 6.45) is 3.76. The minimum Gasteiger partial charge on any atom is -0.494 e. The Balaban J connectivity index is 2.12. The second-order valence-electron chi connectivity index (χ2n) is 4.67. The van der Waals surface area contributed by atoms with Crippen molar-refractivity contribution in [1.29, 1.82) is 0 Å². The van der Waals surface area contributed by atoms with Crippen LogP contribution in [0.1, 0.15) is 23.2 Å². The molecule has 1 aromatic carbocycles. The Morgan fingerprint density at radius 2 is 2.37 bits per heavy atom. The van der Waals surface area contributed by atoms with Gasteiger partial charge in [-0.25, -0.2) is 0 Å². The first kappa shape index (κ1) is 12.0. The smallest absolute Gasteiger partial charge is 0.256 e. The highest BCUT2D eigenvalue weighted by molar-refractivity contribution is 6.04. The lowest BCUT2D eigenvalue weighted by Crippen LogP contribution is -2.35. The number of aliphatic imine (C=N–C) groups is 1. The van der Waals surface area contributed by atoms with Gasteiger partial charge in [0.15, 0.2) is 0 Å². The van der Waals surface area contributed by atoms with Crippen LogP contribution in [0.5, 0.6) is 5.75 Å². The fraction of sp³-hybridized carbons (Fsp3) is 0.385. The van der Waals surface area contributed by atoms with E-state index in [-0.39, 0.29) is 11.9 Å². The van der Waals surface area contributed by atoms with Crippen LogP contribution in [-0.2, 0) is 0 Å². The monoisotopic (exact) mass is 261 g/mol. The molecule has 0 saturated carbocycles. The van der Waals surface area contributed by atoms with Gasteiger partial charge in [0.1, 0.15) is 11.4 Å². The predicted octanol–water partition coefficient (Wildman–Crippen LogP) is 1.82. The number of benzene rings is 1. The average Bonchev–Trinajstić information content (AvgIpc) is 2.87. The molecule has 1 atom stereocenters. The van der Waals surface area contributed by atoms with Crippen molar-refractivity contribution in [1.82, 2.24) is 4.90 Å². The molecular weight excluding hydrogens is 246 g/mol. The molecule has 19 heavy (non-hydrogen) atoms. The third-order valence-corrected chi connectivity index (χ3v) is 3.61. The zero-order chi connectivity index (χ0) is 13.4. The van der Waals surface area contributed by atoms with Gasteiger partial charge in [-0.2, -0.15) is 0 Å². The molecule has 2 aliphatic rings. The van der Waals surface area contributed by atoms with E-state index in [9.17, 15) is 4.79 Å². The highest BCUT2D eigenvalue weighted by Crippen LogP contribution is 2.36. The van der Waals surface area contributed by atoms with Gasteiger partial charge in [-0.3, -0.25) is 20.5 Å². The Morgan fingerprint density at radius 3 is 3.11 bits per heavy atom. The van der Waals surface area contributed by atoms with Crippen LogP contribution in [0.4, 0.5) is 11.4 Å². The number of amides is 1. The molecule has 0 bridgehead atoms. The number of carbonyl (C=O) groups excluding carboxylic acids is 1. The first-order valence-electron chi connectivity index (χ1n) is 6.22. The highest BCUT2D eigenvalue weighted by atomic mass is 16.5. The molecule has 2 heterocycles. The van der Waals surface area contributed by atoms with Gasteiger partial charge in [0.25, 0.3) is 5.91 Å². The minimum atomic E-state index is -0.0298. The van der Waals surface area contributed by atoms with Crippen molar-refractivity contribution in [2.45, 2.75) is 18.9 Å². The van der Waals surface area contributed by atoms with Gasteiger partial charge in [0.2, 0.25) is 0 Å². The van der Waals surface area contributed by atoms with Crippen LogP contribution in [0, 0.1) is 0 Å². The maximum absolute atomic E-state index is 12.5. The molecule has 1 unspecified atom stereocenters. The summed E-state index contributed by atoms with van der Waals surface area (Å²) in [6.45, 7) is 0.761. The number of hydrogen-bond donors (Lipinski definition) is 2. The number of rotatable bonds is 2. The summed E-state index contributed by atoms with van der Waals surface area (Å²) < 4.78 is 5.16. The number of fused-ring (bicyclic) bond motifs is 2. The number of methoxy groups -OCH3 is 1. The van der Waals surface area contributed by atoms with E-state index >= 15 is 0 Å². The predicted molar refractivity (Wildman–Crippen MR) is 70.6 cm³/mol. The molecule has 6 nitrogen and oxygen atoms in total. The SMILES string of the molecule is COc1cc2c(cc1NO)N=CC1CCCN1C2=O. The van der Waals surface area contributed by atoms with Gasteiger partial charge < -0.3 is 9.64 Å². The van der Waals surface area contributed by atoms with E-state index < -0.39 is 0 Å². The largest absolute Gasteiger partial charge is 0.494 e. The summed E-state index contributed by atoms with van der Waals surface area (Å²) in [5.74, 6) is 0.389. The van der Waals surface area contributed by atoms with E-state index in [2.05, 4.69) is 10.5 Å². The molecule has 0 aromatic heterocycles. The fourth-order valence-electron chi connectivity index (χ4n) is 2.62. The third-order valence-electron chi connectivity index (χ3n) is 3.61. The Hall–Kier alpha value is -2.08. The van der Waals surface area contributed by atoms with Crippen LogP contribution in [0.3, 0.4) is 0 Å². The van der Waals surface area contributed by atoms with Crippen molar-refractivity contribution in [3.63, 3.8) is 0 Å². The van der Waals surface area contributed by atoms with Crippen molar-refractivity contribution >= 4 is 23.5 Å². The summed E-state index contributed by atoms with van der Waals surface area (Å²) in [5, 5.41) is 9.07. The van der Waals surface area contributed by atoms with Crippen molar-refractivity contribution in [2.75, 3.05) is 19.1 Å². The molecule has 3 rings (SSSR count). The molecule has 0 spiro atoms. The Morgan fingerprint density at radius 1 is 1.53 bits per heavy atom. The van der Waals surface area contributed by atoms with E-state index in [4.69, 9.17) is 9.94 Å². The van der Waals surface area contributed by atoms with E-state index in [1.807, 2.05) is 11.1 Å². The number of ether oxygens (including phenoxy) is 1. The fourth-order valence-corrected chi connectivity index (χ4v) is 2.62. The molecule has 2 N–H and O–H groups in total. The quantitative estimate of drug-likeness (QED) is 0.796. The average molecular weight is 261 g/mol. The van der Waals surface area contributed by atoms with Gasteiger partial charge in [0, 0.05) is 12.8 Å². The number of hydrogen-bond acceptors (Lipinski definition) is 5. The van der Waals surface area contributed by atoms with Gasteiger partial charge in [0.05, 0.1) is 24.4 Å². The number of carbonyl (C=O) groups is 1. The number of nitrogens with zero attached hydrogens (tertiary/aromatic N) is 2. The number of nitrogens with one attached hydrogen (secondary N) is 1. The van der Waals surface area contributed by atoms with Gasteiger partial charge in [-0.05, 0) is 25.0 Å². The van der Waals surface area contributed by atoms with Crippen molar-refractivity contribution < 1.29 is 14.7 Å². The van der Waals surface area contributed by atoms with Crippen LogP contribution < -0.4 is 10.2 Å². The summed E-state index contributed by atoms with van der Waals surface area (Å²) >= 11 is 0. The maximum atomic E-state index is 12.5. The Labute approximate surface area is 110 Å². The van der Waals surface area contributed by atoms with Crippen LogP contribution in [0.25, 0.3) is 0 Å². The maximum Gasteiger partial charge on any atom is 0.256 e. The molecule has 1 saturated heterocycles. The topological polar surface area (TPSA) is 74.2 Å². The number of anilines is 1. The molecule has 1 aromatic rings. The summed E-state index contributed by atoms with van der Waals surface area (Å²) in [5.41, 5.74) is 3.52. The molecular formula is C13H15N3O3. The molecule has 0 radical (unpaired) electrons. The minimum absolute atomic E-state index is 0.0298. The Bertz CT molecular complexity index is 556. The van der Waals surface area contributed by atoms with Crippen LogP contribution >= 0.6 is 0 Å². The van der Waals surface area contributed by atoms with Gasteiger partial charge in [-0.1, -0.05) is 0 Å². The first-order valence-corrected chi connectivity index (χ1v) is 6.22. The molecule has 1 fully saturated rings.